The van der Waals surface area contributed by atoms with Crippen LogP contribution in [0.2, 0.25) is 0 Å². The molecule has 1 aliphatic carbocycles. The first-order valence-corrected chi connectivity index (χ1v) is 12.9. The predicted molar refractivity (Wildman–Crippen MR) is 130 cm³/mol. The second kappa shape index (κ2) is 10.4. The van der Waals surface area contributed by atoms with E-state index in [1.807, 2.05) is 26.0 Å². The average molecular weight is 440 g/mol. The lowest BCUT2D eigenvalue weighted by Crippen LogP contribution is -2.53. The molecule has 1 aromatic carbocycles. The van der Waals surface area contributed by atoms with E-state index < -0.39 is 5.41 Å². The van der Waals surface area contributed by atoms with Crippen molar-refractivity contribution < 1.29 is 9.59 Å². The minimum atomic E-state index is -0.392. The average Bonchev–Trinajstić information content (AvgIpc) is 2.85. The second-order valence-corrected chi connectivity index (χ2v) is 10.5. The van der Waals surface area contributed by atoms with Gasteiger partial charge >= 0.3 is 0 Å². The Morgan fingerprint density at radius 1 is 0.875 bits per heavy atom. The molecule has 32 heavy (non-hydrogen) atoms. The van der Waals surface area contributed by atoms with Crippen LogP contribution < -0.4 is 5.32 Å². The number of carbonyl (C=O) groups is 2. The highest BCUT2D eigenvalue weighted by molar-refractivity contribution is 5.92. The van der Waals surface area contributed by atoms with E-state index in [4.69, 9.17) is 0 Å². The van der Waals surface area contributed by atoms with E-state index in [1.54, 1.807) is 0 Å². The van der Waals surface area contributed by atoms with Crippen LogP contribution in [0.25, 0.3) is 0 Å². The van der Waals surface area contributed by atoms with E-state index in [-0.39, 0.29) is 11.8 Å². The first-order chi connectivity index (χ1) is 15.5. The molecule has 0 atom stereocenters. The summed E-state index contributed by atoms with van der Waals surface area (Å²) in [7, 11) is 0. The third kappa shape index (κ3) is 5.03. The maximum atomic E-state index is 14.0. The Bertz CT molecular complexity index is 769. The zero-order chi connectivity index (χ0) is 22.6. The first-order valence-electron chi connectivity index (χ1n) is 12.9. The number of nitrogens with zero attached hydrogens (tertiary/aromatic N) is 2. The lowest BCUT2D eigenvalue weighted by Gasteiger charge is -2.44. The van der Waals surface area contributed by atoms with E-state index in [1.165, 1.54) is 38.8 Å². The molecule has 2 saturated heterocycles. The normalized spacial score (nSPS) is 22.7. The van der Waals surface area contributed by atoms with Crippen LogP contribution in [0.4, 0.5) is 5.69 Å². The number of benzene rings is 1. The SMILES string of the molecule is CC(C)C(=O)Nc1ccc(C2(C(=O)N3CCC(N4CCCCC4)CC3)CCCCC2)cc1. The summed E-state index contributed by atoms with van der Waals surface area (Å²) < 4.78 is 0. The van der Waals surface area contributed by atoms with Crippen LogP contribution in [-0.4, -0.2) is 53.8 Å². The van der Waals surface area contributed by atoms with Gasteiger partial charge < -0.3 is 15.1 Å². The van der Waals surface area contributed by atoms with E-state index in [2.05, 4.69) is 27.2 Å². The minimum absolute atomic E-state index is 0.0257. The number of hydrogen-bond donors (Lipinski definition) is 1. The van der Waals surface area contributed by atoms with Crippen molar-refractivity contribution in [2.75, 3.05) is 31.5 Å². The minimum Gasteiger partial charge on any atom is -0.342 e. The molecule has 5 nitrogen and oxygen atoms in total. The van der Waals surface area contributed by atoms with E-state index >= 15 is 0 Å². The number of anilines is 1. The number of rotatable bonds is 5. The molecule has 176 valence electrons. The van der Waals surface area contributed by atoms with E-state index in [0.717, 1.165) is 62.9 Å². The van der Waals surface area contributed by atoms with Gasteiger partial charge in [0.05, 0.1) is 5.41 Å². The van der Waals surface area contributed by atoms with Crippen LogP contribution in [0.5, 0.6) is 0 Å². The summed E-state index contributed by atoms with van der Waals surface area (Å²) in [5.74, 6) is 0.319. The molecule has 2 aliphatic heterocycles. The fraction of sp³-hybridized carbons (Fsp3) is 0.704. The number of hydrogen-bond acceptors (Lipinski definition) is 3. The lowest BCUT2D eigenvalue weighted by molar-refractivity contribution is -0.140. The van der Waals surface area contributed by atoms with Crippen molar-refractivity contribution in [3.63, 3.8) is 0 Å². The van der Waals surface area contributed by atoms with Crippen LogP contribution in [0, 0.1) is 5.92 Å². The Morgan fingerprint density at radius 2 is 1.47 bits per heavy atom. The van der Waals surface area contributed by atoms with Gasteiger partial charge in [-0.3, -0.25) is 9.59 Å². The van der Waals surface area contributed by atoms with Gasteiger partial charge in [0.25, 0.3) is 0 Å². The van der Waals surface area contributed by atoms with Gasteiger partial charge in [-0.2, -0.15) is 0 Å². The maximum absolute atomic E-state index is 14.0. The smallest absolute Gasteiger partial charge is 0.233 e. The molecule has 1 saturated carbocycles. The molecule has 0 unspecified atom stereocenters. The molecule has 4 rings (SSSR count). The molecule has 1 aromatic rings. The molecular weight excluding hydrogens is 398 g/mol. The standard InChI is InChI=1S/C27H41N3O2/c1-21(2)25(31)28-23-11-9-22(10-12-23)27(15-5-3-6-16-27)26(32)30-19-13-24(14-20-30)29-17-7-4-8-18-29/h9-12,21,24H,3-8,13-20H2,1-2H3,(H,28,31). The fourth-order valence-electron chi connectivity index (χ4n) is 5.96. The number of nitrogens with one attached hydrogen (secondary N) is 1. The van der Waals surface area contributed by atoms with Gasteiger partial charge in [-0.1, -0.05) is 51.7 Å². The van der Waals surface area contributed by atoms with Gasteiger partial charge in [0.2, 0.25) is 11.8 Å². The highest BCUT2D eigenvalue weighted by Gasteiger charge is 2.44. The fourth-order valence-corrected chi connectivity index (χ4v) is 5.96. The Kier molecular flexibility index (Phi) is 7.55. The predicted octanol–water partition coefficient (Wildman–Crippen LogP) is 4.96. The molecule has 1 N–H and O–H groups in total. The van der Waals surface area contributed by atoms with E-state index in [9.17, 15) is 9.59 Å². The summed E-state index contributed by atoms with van der Waals surface area (Å²) in [6.45, 7) is 8.06. The Balaban J connectivity index is 1.45. The molecular formula is C27H41N3O2. The van der Waals surface area contributed by atoms with Crippen LogP contribution in [0.1, 0.15) is 83.6 Å². The van der Waals surface area contributed by atoms with Gasteiger partial charge in [0.1, 0.15) is 0 Å². The third-order valence-electron chi connectivity index (χ3n) is 8.00. The van der Waals surface area contributed by atoms with Crippen molar-refractivity contribution in [3.8, 4) is 0 Å². The number of amides is 2. The first kappa shape index (κ1) is 23.3. The van der Waals surface area contributed by atoms with Gasteiger partial charge in [0, 0.05) is 30.7 Å². The molecule has 3 fully saturated rings. The molecule has 0 spiro atoms. The van der Waals surface area contributed by atoms with Crippen molar-refractivity contribution in [2.45, 2.75) is 89.5 Å². The molecule has 0 aromatic heterocycles. The van der Waals surface area contributed by atoms with E-state index in [0.29, 0.717) is 11.9 Å². The van der Waals surface area contributed by atoms with Crippen LogP contribution >= 0.6 is 0 Å². The zero-order valence-electron chi connectivity index (χ0n) is 20.1. The summed E-state index contributed by atoms with van der Waals surface area (Å²) in [5.41, 5.74) is 1.55. The monoisotopic (exact) mass is 439 g/mol. The van der Waals surface area contributed by atoms with Gasteiger partial charge in [-0.05, 0) is 69.3 Å². The lowest BCUT2D eigenvalue weighted by atomic mass is 9.68. The van der Waals surface area contributed by atoms with Gasteiger partial charge in [-0.25, -0.2) is 0 Å². The maximum Gasteiger partial charge on any atom is 0.233 e. The molecule has 3 aliphatic rings. The molecule has 0 radical (unpaired) electrons. The summed E-state index contributed by atoms with van der Waals surface area (Å²) >= 11 is 0. The highest BCUT2D eigenvalue weighted by Crippen LogP contribution is 2.42. The van der Waals surface area contributed by atoms with Crippen LogP contribution in [-0.2, 0) is 15.0 Å². The summed E-state index contributed by atoms with van der Waals surface area (Å²) in [5, 5.41) is 2.97. The third-order valence-corrected chi connectivity index (χ3v) is 8.00. The Labute approximate surface area is 193 Å². The van der Waals surface area contributed by atoms with Crippen LogP contribution in [0.3, 0.4) is 0 Å². The molecule has 2 amide bonds. The summed E-state index contributed by atoms with van der Waals surface area (Å²) in [4.78, 5) is 30.8. The second-order valence-electron chi connectivity index (χ2n) is 10.5. The van der Waals surface area contributed by atoms with Gasteiger partial charge in [0.15, 0.2) is 0 Å². The number of piperidine rings is 2. The summed E-state index contributed by atoms with van der Waals surface area (Å²) in [6, 6.07) is 8.77. The van der Waals surface area contributed by atoms with Gasteiger partial charge in [-0.15, -0.1) is 0 Å². The molecule has 0 bridgehead atoms. The van der Waals surface area contributed by atoms with Crippen molar-refractivity contribution in [1.82, 2.24) is 9.80 Å². The Morgan fingerprint density at radius 3 is 2.06 bits per heavy atom. The molecule has 5 heteroatoms. The van der Waals surface area contributed by atoms with Crippen molar-refractivity contribution in [1.29, 1.82) is 0 Å². The largest absolute Gasteiger partial charge is 0.342 e. The van der Waals surface area contributed by atoms with Crippen LogP contribution in [0.15, 0.2) is 24.3 Å². The quantitative estimate of drug-likeness (QED) is 0.705. The van der Waals surface area contributed by atoms with Crippen molar-refractivity contribution in [3.05, 3.63) is 29.8 Å². The van der Waals surface area contributed by atoms with Crippen molar-refractivity contribution >= 4 is 17.5 Å². The number of carbonyl (C=O) groups excluding carboxylic acids is 2. The van der Waals surface area contributed by atoms with Crippen molar-refractivity contribution in [2.24, 2.45) is 5.92 Å². The topological polar surface area (TPSA) is 52.7 Å². The number of likely N-dealkylation sites (tertiary alicyclic amines) is 2. The molecule has 2 heterocycles. The highest BCUT2D eigenvalue weighted by atomic mass is 16.2. The zero-order valence-corrected chi connectivity index (χ0v) is 20.1. The summed E-state index contributed by atoms with van der Waals surface area (Å²) in [6.07, 6.45) is 11.6. The Hall–Kier alpha value is -1.88.